The minimum atomic E-state index is -0.946. The molecule has 0 radical (unpaired) electrons. The number of ether oxygens (including phenoxy) is 1. The van der Waals surface area contributed by atoms with Crippen LogP contribution in [0.4, 0.5) is 0 Å². The number of nitrogens with zero attached hydrogens (tertiary/aromatic N) is 1. The van der Waals surface area contributed by atoms with Gasteiger partial charge in [-0.2, -0.15) is 0 Å². The first-order valence-electron chi connectivity index (χ1n) is 7.78. The standard InChI is InChI=1S/C19H16ClNO3S/c1-2-15-17(19(22)23)25-18(21-15)14-8-3-4-9-16(14)24-11-12-6-5-7-13(20)10-12/h3-10H,2,11H2,1H3,(H,22,23). The van der Waals surface area contributed by atoms with Crippen molar-refractivity contribution in [1.82, 2.24) is 4.98 Å². The maximum Gasteiger partial charge on any atom is 0.347 e. The monoisotopic (exact) mass is 373 g/mol. The van der Waals surface area contributed by atoms with Gasteiger partial charge in [-0.3, -0.25) is 0 Å². The van der Waals surface area contributed by atoms with Gasteiger partial charge < -0.3 is 9.84 Å². The van der Waals surface area contributed by atoms with Crippen LogP contribution in [0, 0.1) is 0 Å². The van der Waals surface area contributed by atoms with Gasteiger partial charge in [0.2, 0.25) is 0 Å². The van der Waals surface area contributed by atoms with Crippen LogP contribution in [0.1, 0.15) is 27.9 Å². The van der Waals surface area contributed by atoms with Crippen LogP contribution in [0.2, 0.25) is 5.02 Å². The molecule has 0 aliphatic rings. The number of halogens is 1. The maximum atomic E-state index is 11.4. The molecule has 0 aliphatic carbocycles. The van der Waals surface area contributed by atoms with Crippen LogP contribution in [0.15, 0.2) is 48.5 Å². The van der Waals surface area contributed by atoms with Gasteiger partial charge in [0.1, 0.15) is 22.2 Å². The summed E-state index contributed by atoms with van der Waals surface area (Å²) in [5, 5.41) is 10.6. The molecule has 1 heterocycles. The highest BCUT2D eigenvalue weighted by molar-refractivity contribution is 7.17. The molecule has 0 atom stereocenters. The maximum absolute atomic E-state index is 11.4. The fraction of sp³-hybridized carbons (Fsp3) is 0.158. The normalized spacial score (nSPS) is 10.6. The highest BCUT2D eigenvalue weighted by Crippen LogP contribution is 2.35. The number of thiazole rings is 1. The van der Waals surface area contributed by atoms with Crippen molar-refractivity contribution in [3.05, 3.63) is 69.7 Å². The summed E-state index contributed by atoms with van der Waals surface area (Å²) >= 11 is 7.17. The Morgan fingerprint density at radius 3 is 2.72 bits per heavy atom. The third-order valence-electron chi connectivity index (χ3n) is 3.63. The van der Waals surface area contributed by atoms with Gasteiger partial charge in [-0.05, 0) is 36.2 Å². The van der Waals surface area contributed by atoms with Gasteiger partial charge in [-0.1, -0.05) is 42.8 Å². The van der Waals surface area contributed by atoms with Gasteiger partial charge in [-0.15, -0.1) is 11.3 Å². The molecule has 1 N–H and O–H groups in total. The third kappa shape index (κ3) is 4.00. The third-order valence-corrected chi connectivity index (χ3v) is 4.98. The lowest BCUT2D eigenvalue weighted by molar-refractivity contribution is 0.0701. The summed E-state index contributed by atoms with van der Waals surface area (Å²) in [5.74, 6) is -0.284. The highest BCUT2D eigenvalue weighted by Gasteiger charge is 2.18. The zero-order valence-corrected chi connectivity index (χ0v) is 15.1. The number of hydrogen-bond donors (Lipinski definition) is 1. The quantitative estimate of drug-likeness (QED) is 0.636. The molecule has 0 unspecified atom stereocenters. The summed E-state index contributed by atoms with van der Waals surface area (Å²) in [6.07, 6.45) is 0.573. The van der Waals surface area contributed by atoms with E-state index >= 15 is 0 Å². The van der Waals surface area contributed by atoms with Crippen molar-refractivity contribution >= 4 is 28.9 Å². The molecule has 0 saturated heterocycles. The molecular formula is C19H16ClNO3S. The van der Waals surface area contributed by atoms with Crippen molar-refractivity contribution in [2.24, 2.45) is 0 Å². The molecule has 3 rings (SSSR count). The number of aromatic carboxylic acids is 1. The van der Waals surface area contributed by atoms with E-state index in [1.54, 1.807) is 0 Å². The van der Waals surface area contributed by atoms with Gasteiger partial charge in [0.25, 0.3) is 0 Å². The first kappa shape index (κ1) is 17.5. The molecule has 0 bridgehead atoms. The summed E-state index contributed by atoms with van der Waals surface area (Å²) in [6, 6.07) is 15.0. The zero-order chi connectivity index (χ0) is 17.8. The molecule has 0 fully saturated rings. The van der Waals surface area contributed by atoms with Crippen LogP contribution in [0.5, 0.6) is 5.75 Å². The Morgan fingerprint density at radius 1 is 1.24 bits per heavy atom. The van der Waals surface area contributed by atoms with Crippen molar-refractivity contribution in [3.63, 3.8) is 0 Å². The summed E-state index contributed by atoms with van der Waals surface area (Å²) in [5.41, 5.74) is 2.34. The van der Waals surface area contributed by atoms with E-state index in [1.807, 2.05) is 55.5 Å². The Morgan fingerprint density at radius 2 is 2.04 bits per heavy atom. The van der Waals surface area contributed by atoms with Crippen LogP contribution < -0.4 is 4.74 Å². The van der Waals surface area contributed by atoms with Crippen LogP contribution >= 0.6 is 22.9 Å². The lowest BCUT2D eigenvalue weighted by atomic mass is 10.2. The fourth-order valence-electron chi connectivity index (χ4n) is 2.43. The number of hydrogen-bond acceptors (Lipinski definition) is 4. The van der Waals surface area contributed by atoms with Crippen LogP contribution in [-0.4, -0.2) is 16.1 Å². The average Bonchev–Trinajstić information content (AvgIpc) is 3.05. The molecule has 3 aromatic rings. The smallest absolute Gasteiger partial charge is 0.347 e. The molecule has 128 valence electrons. The summed E-state index contributed by atoms with van der Waals surface area (Å²) in [4.78, 5) is 16.1. The minimum Gasteiger partial charge on any atom is -0.488 e. The van der Waals surface area contributed by atoms with Crippen LogP contribution in [0.3, 0.4) is 0 Å². The summed E-state index contributed by atoms with van der Waals surface area (Å²) in [7, 11) is 0. The number of benzene rings is 2. The number of carboxylic acid groups (broad SMARTS) is 1. The summed E-state index contributed by atoms with van der Waals surface area (Å²) in [6.45, 7) is 2.27. The molecule has 1 aromatic heterocycles. The number of para-hydroxylation sites is 1. The molecular weight excluding hydrogens is 358 g/mol. The van der Waals surface area contributed by atoms with E-state index in [0.29, 0.717) is 34.5 Å². The molecule has 0 spiro atoms. The van der Waals surface area contributed by atoms with Gasteiger partial charge in [0.05, 0.1) is 11.3 Å². The van der Waals surface area contributed by atoms with E-state index in [-0.39, 0.29) is 4.88 Å². The molecule has 25 heavy (non-hydrogen) atoms. The Labute approximate surface area is 154 Å². The van der Waals surface area contributed by atoms with Gasteiger partial charge in [0, 0.05) is 5.02 Å². The van der Waals surface area contributed by atoms with E-state index in [1.165, 1.54) is 11.3 Å². The van der Waals surface area contributed by atoms with Gasteiger partial charge in [0.15, 0.2) is 0 Å². The van der Waals surface area contributed by atoms with E-state index in [2.05, 4.69) is 4.98 Å². The van der Waals surface area contributed by atoms with Crippen molar-refractivity contribution in [1.29, 1.82) is 0 Å². The van der Waals surface area contributed by atoms with Crippen LogP contribution in [0.25, 0.3) is 10.6 Å². The number of aryl methyl sites for hydroxylation is 1. The van der Waals surface area contributed by atoms with E-state index < -0.39 is 5.97 Å². The second kappa shape index (κ2) is 7.68. The van der Waals surface area contributed by atoms with Crippen molar-refractivity contribution in [2.45, 2.75) is 20.0 Å². The first-order chi connectivity index (χ1) is 12.1. The molecule has 2 aromatic carbocycles. The fourth-order valence-corrected chi connectivity index (χ4v) is 3.67. The molecule has 0 saturated carbocycles. The number of rotatable bonds is 6. The Kier molecular flexibility index (Phi) is 5.36. The summed E-state index contributed by atoms with van der Waals surface area (Å²) < 4.78 is 5.94. The second-order valence-electron chi connectivity index (χ2n) is 5.37. The van der Waals surface area contributed by atoms with Crippen LogP contribution in [-0.2, 0) is 13.0 Å². The van der Waals surface area contributed by atoms with E-state index in [9.17, 15) is 9.90 Å². The van der Waals surface area contributed by atoms with Gasteiger partial charge >= 0.3 is 5.97 Å². The molecule has 0 amide bonds. The average molecular weight is 374 g/mol. The first-order valence-corrected chi connectivity index (χ1v) is 8.97. The van der Waals surface area contributed by atoms with Crippen molar-refractivity contribution in [2.75, 3.05) is 0 Å². The number of carboxylic acids is 1. The topological polar surface area (TPSA) is 59.4 Å². The minimum absolute atomic E-state index is 0.280. The lowest BCUT2D eigenvalue weighted by Crippen LogP contribution is -1.97. The Balaban J connectivity index is 1.90. The highest BCUT2D eigenvalue weighted by atomic mass is 35.5. The predicted octanol–water partition coefficient (Wildman–Crippen LogP) is 5.30. The largest absolute Gasteiger partial charge is 0.488 e. The Bertz CT molecular complexity index is 907. The van der Waals surface area contributed by atoms with Crippen molar-refractivity contribution in [3.8, 4) is 16.3 Å². The molecule has 0 aliphatic heterocycles. The van der Waals surface area contributed by atoms with Crippen molar-refractivity contribution < 1.29 is 14.6 Å². The Hall–Kier alpha value is -2.37. The zero-order valence-electron chi connectivity index (χ0n) is 13.5. The second-order valence-corrected chi connectivity index (χ2v) is 6.80. The molecule has 6 heteroatoms. The molecule has 4 nitrogen and oxygen atoms in total. The lowest BCUT2D eigenvalue weighted by Gasteiger charge is -2.10. The predicted molar refractivity (Wildman–Crippen MR) is 99.7 cm³/mol. The van der Waals surface area contributed by atoms with E-state index in [0.717, 1.165) is 11.1 Å². The number of aromatic nitrogens is 1. The SMILES string of the molecule is CCc1nc(-c2ccccc2OCc2cccc(Cl)c2)sc1C(=O)O. The van der Waals surface area contributed by atoms with E-state index in [4.69, 9.17) is 16.3 Å². The van der Waals surface area contributed by atoms with Gasteiger partial charge in [-0.25, -0.2) is 9.78 Å². The number of carbonyl (C=O) groups is 1.